The standard InChI is InChI=1S/C22H31N5O6S/c1-13(2)32-22(29)27-10-8-16(9-11-27)33-21-19(28)20(23-12-24-21)26-17-6-7-18(25-15(17)5)34(30,31)14(3)4/h6-7,12-14,16,28H,8-11H2,1-5H3,(H,23,24,26). The number of sulfone groups is 1. The number of piperidine rings is 1. The van der Waals surface area contributed by atoms with E-state index in [1.807, 2.05) is 0 Å². The smallest absolute Gasteiger partial charge is 0.410 e. The first-order chi connectivity index (χ1) is 16.0. The molecule has 0 aliphatic carbocycles. The summed E-state index contributed by atoms with van der Waals surface area (Å²) in [5.41, 5.74) is 0.919. The average molecular weight is 494 g/mol. The van der Waals surface area contributed by atoms with Crippen LogP contribution >= 0.6 is 0 Å². The van der Waals surface area contributed by atoms with Gasteiger partial charge in [0.05, 0.1) is 22.7 Å². The third-order valence-corrected chi connectivity index (χ3v) is 7.38. The van der Waals surface area contributed by atoms with E-state index in [9.17, 15) is 18.3 Å². The van der Waals surface area contributed by atoms with Crippen molar-refractivity contribution in [2.75, 3.05) is 18.4 Å². The molecule has 0 aromatic carbocycles. The van der Waals surface area contributed by atoms with Gasteiger partial charge in [-0.25, -0.2) is 23.2 Å². The fourth-order valence-corrected chi connectivity index (χ4v) is 4.33. The molecule has 1 fully saturated rings. The molecule has 0 spiro atoms. The monoisotopic (exact) mass is 493 g/mol. The van der Waals surface area contributed by atoms with E-state index in [-0.39, 0.29) is 40.8 Å². The first-order valence-electron chi connectivity index (χ1n) is 11.1. The van der Waals surface area contributed by atoms with Gasteiger partial charge in [0, 0.05) is 25.9 Å². The Kier molecular flexibility index (Phi) is 7.80. The Hall–Kier alpha value is -3.15. The molecule has 1 aliphatic rings. The Bertz CT molecular complexity index is 1130. The van der Waals surface area contributed by atoms with E-state index >= 15 is 0 Å². The number of carbonyl (C=O) groups excluding carboxylic acids is 1. The molecule has 2 aromatic heterocycles. The van der Waals surface area contributed by atoms with E-state index in [4.69, 9.17) is 9.47 Å². The van der Waals surface area contributed by atoms with Gasteiger partial charge in [0.1, 0.15) is 12.4 Å². The molecule has 0 bridgehead atoms. The maximum atomic E-state index is 12.4. The van der Waals surface area contributed by atoms with Crippen LogP contribution in [0.1, 0.15) is 46.2 Å². The largest absolute Gasteiger partial charge is 0.501 e. The first kappa shape index (κ1) is 25.5. The van der Waals surface area contributed by atoms with E-state index in [2.05, 4.69) is 20.3 Å². The van der Waals surface area contributed by atoms with Crippen molar-refractivity contribution in [1.82, 2.24) is 19.9 Å². The van der Waals surface area contributed by atoms with Gasteiger partial charge in [-0.15, -0.1) is 0 Å². The highest BCUT2D eigenvalue weighted by Crippen LogP contribution is 2.34. The van der Waals surface area contributed by atoms with Crippen LogP contribution < -0.4 is 10.1 Å². The van der Waals surface area contributed by atoms with Gasteiger partial charge in [-0.1, -0.05) is 0 Å². The highest BCUT2D eigenvalue weighted by molar-refractivity contribution is 7.91. The summed E-state index contributed by atoms with van der Waals surface area (Å²) in [7, 11) is -3.50. The zero-order valence-electron chi connectivity index (χ0n) is 20.0. The van der Waals surface area contributed by atoms with Crippen LogP contribution in [0.3, 0.4) is 0 Å². The van der Waals surface area contributed by atoms with Gasteiger partial charge in [-0.05, 0) is 46.8 Å². The third kappa shape index (κ3) is 5.85. The number of likely N-dealkylation sites (tertiary alicyclic amines) is 1. The lowest BCUT2D eigenvalue weighted by molar-refractivity contribution is 0.0500. The minimum absolute atomic E-state index is 0.00917. The number of hydrogen-bond donors (Lipinski definition) is 2. The summed E-state index contributed by atoms with van der Waals surface area (Å²) < 4.78 is 35.8. The summed E-state index contributed by atoms with van der Waals surface area (Å²) in [6, 6.07) is 2.99. The number of rotatable bonds is 7. The van der Waals surface area contributed by atoms with Gasteiger partial charge in [-0.3, -0.25) is 0 Å². The summed E-state index contributed by atoms with van der Waals surface area (Å²) in [6.07, 6.45) is 1.62. The van der Waals surface area contributed by atoms with Crippen LogP contribution in [-0.2, 0) is 14.6 Å². The fraction of sp³-hybridized carbons (Fsp3) is 0.545. The zero-order valence-corrected chi connectivity index (χ0v) is 20.8. The Morgan fingerprint density at radius 1 is 1.18 bits per heavy atom. The van der Waals surface area contributed by atoms with E-state index in [0.717, 1.165) is 0 Å². The Balaban J connectivity index is 1.68. The van der Waals surface area contributed by atoms with Crippen molar-refractivity contribution in [3.8, 4) is 11.6 Å². The maximum Gasteiger partial charge on any atom is 0.410 e. The van der Waals surface area contributed by atoms with Crippen LogP contribution in [0.4, 0.5) is 16.3 Å². The van der Waals surface area contributed by atoms with Crippen LogP contribution in [-0.4, -0.2) is 70.0 Å². The number of nitrogens with one attached hydrogen (secondary N) is 1. The number of anilines is 2. The van der Waals surface area contributed by atoms with Crippen LogP contribution in [0, 0.1) is 6.92 Å². The molecule has 1 amide bonds. The lowest BCUT2D eigenvalue weighted by Gasteiger charge is -2.31. The number of amides is 1. The van der Waals surface area contributed by atoms with Gasteiger partial charge in [0.15, 0.2) is 20.7 Å². The van der Waals surface area contributed by atoms with Crippen molar-refractivity contribution in [1.29, 1.82) is 0 Å². The SMILES string of the molecule is Cc1nc(S(=O)(=O)C(C)C)ccc1Nc1ncnc(OC2CCN(C(=O)OC(C)C)CC2)c1O. The molecule has 186 valence electrons. The minimum Gasteiger partial charge on any atom is -0.501 e. The van der Waals surface area contributed by atoms with Crippen LogP contribution in [0.2, 0.25) is 0 Å². The summed E-state index contributed by atoms with van der Waals surface area (Å²) >= 11 is 0. The molecule has 3 heterocycles. The van der Waals surface area contributed by atoms with Crippen LogP contribution in [0.25, 0.3) is 0 Å². The van der Waals surface area contributed by atoms with Crippen molar-refractivity contribution in [3.63, 3.8) is 0 Å². The number of nitrogens with zero attached hydrogens (tertiary/aromatic N) is 4. The first-order valence-corrected chi connectivity index (χ1v) is 12.7. The van der Waals surface area contributed by atoms with E-state index < -0.39 is 15.1 Å². The van der Waals surface area contributed by atoms with Gasteiger partial charge in [0.2, 0.25) is 5.75 Å². The Morgan fingerprint density at radius 3 is 2.44 bits per heavy atom. The molecule has 0 saturated carbocycles. The predicted molar refractivity (Wildman–Crippen MR) is 125 cm³/mol. The number of hydrogen-bond acceptors (Lipinski definition) is 10. The molecule has 34 heavy (non-hydrogen) atoms. The number of aromatic hydroxyl groups is 1. The second-order valence-corrected chi connectivity index (χ2v) is 11.1. The highest BCUT2D eigenvalue weighted by Gasteiger charge is 2.27. The van der Waals surface area contributed by atoms with Crippen molar-refractivity contribution in [2.24, 2.45) is 0 Å². The van der Waals surface area contributed by atoms with Crippen LogP contribution in [0.5, 0.6) is 11.6 Å². The second kappa shape index (κ2) is 10.4. The van der Waals surface area contributed by atoms with Crippen LogP contribution in [0.15, 0.2) is 23.5 Å². The minimum atomic E-state index is -3.50. The number of aryl methyl sites for hydroxylation is 1. The van der Waals surface area contributed by atoms with E-state index in [1.165, 1.54) is 12.4 Å². The molecule has 3 rings (SSSR count). The molecule has 2 aromatic rings. The maximum absolute atomic E-state index is 12.4. The van der Waals surface area contributed by atoms with Gasteiger partial charge in [-0.2, -0.15) is 4.98 Å². The molecule has 2 N–H and O–H groups in total. The summed E-state index contributed by atoms with van der Waals surface area (Å²) in [5, 5.41) is 13.0. The number of carbonyl (C=O) groups is 1. The van der Waals surface area contributed by atoms with Crippen molar-refractivity contribution in [3.05, 3.63) is 24.2 Å². The summed E-state index contributed by atoms with van der Waals surface area (Å²) in [4.78, 5) is 26.0. The molecule has 0 radical (unpaired) electrons. The van der Waals surface area contributed by atoms with Crippen molar-refractivity contribution < 1.29 is 27.8 Å². The number of aromatic nitrogens is 3. The molecule has 0 unspecified atom stereocenters. The Morgan fingerprint density at radius 2 is 1.85 bits per heavy atom. The fourth-order valence-electron chi connectivity index (χ4n) is 3.33. The van der Waals surface area contributed by atoms with Gasteiger partial charge in [0.25, 0.3) is 5.88 Å². The number of ether oxygens (including phenoxy) is 2. The molecule has 12 heteroatoms. The van der Waals surface area contributed by atoms with Crippen molar-refractivity contribution >= 4 is 27.4 Å². The summed E-state index contributed by atoms with van der Waals surface area (Å²) in [6.45, 7) is 9.41. The van der Waals surface area contributed by atoms with E-state index in [1.54, 1.807) is 45.6 Å². The summed E-state index contributed by atoms with van der Waals surface area (Å²) in [5.74, 6) is -0.153. The zero-order chi connectivity index (χ0) is 25.0. The highest BCUT2D eigenvalue weighted by atomic mass is 32.2. The van der Waals surface area contributed by atoms with Gasteiger partial charge < -0.3 is 24.8 Å². The number of pyridine rings is 1. The molecule has 11 nitrogen and oxygen atoms in total. The molecule has 1 saturated heterocycles. The molecular formula is C22H31N5O6S. The normalized spacial score (nSPS) is 15.0. The quantitative estimate of drug-likeness (QED) is 0.590. The topological polar surface area (TPSA) is 144 Å². The lowest BCUT2D eigenvalue weighted by Crippen LogP contribution is -2.42. The lowest BCUT2D eigenvalue weighted by atomic mass is 10.1. The van der Waals surface area contributed by atoms with E-state index in [0.29, 0.717) is 37.3 Å². The average Bonchev–Trinajstić information content (AvgIpc) is 2.77. The predicted octanol–water partition coefficient (Wildman–Crippen LogP) is 3.20. The third-order valence-electron chi connectivity index (χ3n) is 5.33. The molecule has 0 atom stereocenters. The van der Waals surface area contributed by atoms with Gasteiger partial charge >= 0.3 is 6.09 Å². The van der Waals surface area contributed by atoms with Crippen molar-refractivity contribution in [2.45, 2.75) is 69.9 Å². The Labute approximate surface area is 199 Å². The second-order valence-electron chi connectivity index (χ2n) is 8.61. The molecule has 1 aliphatic heterocycles. The molecular weight excluding hydrogens is 462 g/mol.